The number of nitrogens with zero attached hydrogens (tertiary/aromatic N) is 2. The predicted octanol–water partition coefficient (Wildman–Crippen LogP) is 1.84. The van der Waals surface area contributed by atoms with E-state index in [0.29, 0.717) is 11.6 Å². The lowest BCUT2D eigenvalue weighted by atomic mass is 10.2. The SMILES string of the molecule is CC1CSCCN1c1ccc(C=O)cn1. The maximum absolute atomic E-state index is 10.5. The van der Waals surface area contributed by atoms with E-state index >= 15 is 0 Å². The lowest BCUT2D eigenvalue weighted by molar-refractivity contribution is 0.112. The highest BCUT2D eigenvalue weighted by molar-refractivity contribution is 7.99. The average Bonchev–Trinajstić information content (AvgIpc) is 2.30. The van der Waals surface area contributed by atoms with Gasteiger partial charge in [0.05, 0.1) is 0 Å². The molecule has 2 heterocycles. The Hall–Kier alpha value is -1.03. The number of thioether (sulfide) groups is 1. The summed E-state index contributed by atoms with van der Waals surface area (Å²) < 4.78 is 0. The van der Waals surface area contributed by atoms with E-state index in [2.05, 4.69) is 16.8 Å². The third-order valence-electron chi connectivity index (χ3n) is 2.57. The lowest BCUT2D eigenvalue weighted by Crippen LogP contribution is -2.40. The van der Waals surface area contributed by atoms with Crippen LogP contribution < -0.4 is 4.90 Å². The summed E-state index contributed by atoms with van der Waals surface area (Å²) in [6.07, 6.45) is 2.46. The third kappa shape index (κ3) is 2.31. The molecular weight excluding hydrogens is 208 g/mol. The van der Waals surface area contributed by atoms with Crippen LogP contribution in [-0.2, 0) is 0 Å². The molecule has 0 N–H and O–H groups in total. The van der Waals surface area contributed by atoms with E-state index in [4.69, 9.17) is 0 Å². The summed E-state index contributed by atoms with van der Waals surface area (Å²) in [5.41, 5.74) is 0.637. The third-order valence-corrected chi connectivity index (χ3v) is 3.76. The number of carbonyl (C=O) groups excluding carboxylic acids is 1. The van der Waals surface area contributed by atoms with Crippen LogP contribution in [0.4, 0.5) is 5.82 Å². The number of rotatable bonds is 2. The molecule has 0 radical (unpaired) electrons. The monoisotopic (exact) mass is 222 g/mol. The molecule has 1 fully saturated rings. The van der Waals surface area contributed by atoms with Crippen LogP contribution in [0.15, 0.2) is 18.3 Å². The van der Waals surface area contributed by atoms with Crippen molar-refractivity contribution in [3.05, 3.63) is 23.9 Å². The first-order chi connectivity index (χ1) is 7.31. The van der Waals surface area contributed by atoms with Crippen molar-refractivity contribution in [3.63, 3.8) is 0 Å². The average molecular weight is 222 g/mol. The van der Waals surface area contributed by atoms with E-state index in [-0.39, 0.29) is 0 Å². The lowest BCUT2D eigenvalue weighted by Gasteiger charge is -2.33. The van der Waals surface area contributed by atoms with Crippen LogP contribution in [0.3, 0.4) is 0 Å². The van der Waals surface area contributed by atoms with Gasteiger partial charge in [-0.25, -0.2) is 4.98 Å². The topological polar surface area (TPSA) is 33.2 Å². The zero-order valence-corrected chi connectivity index (χ0v) is 9.54. The van der Waals surface area contributed by atoms with E-state index in [0.717, 1.165) is 30.2 Å². The molecule has 1 atom stereocenters. The Labute approximate surface area is 93.9 Å². The van der Waals surface area contributed by atoms with Crippen molar-refractivity contribution in [1.29, 1.82) is 0 Å². The van der Waals surface area contributed by atoms with Crippen LogP contribution in [0.2, 0.25) is 0 Å². The number of aldehydes is 1. The summed E-state index contributed by atoms with van der Waals surface area (Å²) in [5.74, 6) is 3.28. The van der Waals surface area contributed by atoms with Gasteiger partial charge in [0, 0.05) is 35.9 Å². The molecule has 4 heteroatoms. The second-order valence-electron chi connectivity index (χ2n) is 3.68. The van der Waals surface area contributed by atoms with Crippen molar-refractivity contribution in [3.8, 4) is 0 Å². The largest absolute Gasteiger partial charge is 0.352 e. The van der Waals surface area contributed by atoms with Crippen LogP contribution in [0.5, 0.6) is 0 Å². The quantitative estimate of drug-likeness (QED) is 0.715. The van der Waals surface area contributed by atoms with Crippen molar-refractivity contribution >= 4 is 23.9 Å². The molecule has 0 saturated carbocycles. The molecule has 0 amide bonds. The van der Waals surface area contributed by atoms with Crippen LogP contribution >= 0.6 is 11.8 Å². The molecule has 1 aliphatic heterocycles. The highest BCUT2D eigenvalue weighted by Crippen LogP contribution is 2.21. The Balaban J connectivity index is 2.16. The Kier molecular flexibility index (Phi) is 3.26. The van der Waals surface area contributed by atoms with Crippen molar-refractivity contribution < 1.29 is 4.79 Å². The van der Waals surface area contributed by atoms with Gasteiger partial charge in [-0.3, -0.25) is 4.79 Å². The smallest absolute Gasteiger partial charge is 0.151 e. The molecule has 15 heavy (non-hydrogen) atoms. The molecular formula is C11H14N2OS. The van der Waals surface area contributed by atoms with E-state index < -0.39 is 0 Å². The summed E-state index contributed by atoms with van der Waals surface area (Å²) in [5, 5.41) is 0. The molecule has 3 nitrogen and oxygen atoms in total. The summed E-state index contributed by atoms with van der Waals surface area (Å²) in [6.45, 7) is 3.25. The van der Waals surface area contributed by atoms with E-state index in [1.165, 1.54) is 0 Å². The first-order valence-corrected chi connectivity index (χ1v) is 6.22. The fourth-order valence-electron chi connectivity index (χ4n) is 1.70. The molecule has 0 aliphatic carbocycles. The van der Waals surface area contributed by atoms with Gasteiger partial charge in [0.15, 0.2) is 6.29 Å². The second-order valence-corrected chi connectivity index (χ2v) is 4.83. The maximum atomic E-state index is 10.5. The van der Waals surface area contributed by atoms with Gasteiger partial charge in [-0.15, -0.1) is 0 Å². The summed E-state index contributed by atoms with van der Waals surface area (Å²) in [7, 11) is 0. The molecule has 2 rings (SSSR count). The molecule has 0 bridgehead atoms. The molecule has 1 saturated heterocycles. The minimum atomic E-state index is 0.526. The van der Waals surface area contributed by atoms with Crippen LogP contribution in [0, 0.1) is 0 Å². The fourth-order valence-corrected chi connectivity index (χ4v) is 2.72. The fraction of sp³-hybridized carbons (Fsp3) is 0.455. The normalized spacial score (nSPS) is 21.4. The van der Waals surface area contributed by atoms with Crippen molar-refractivity contribution in [2.75, 3.05) is 23.0 Å². The number of hydrogen-bond acceptors (Lipinski definition) is 4. The van der Waals surface area contributed by atoms with Gasteiger partial charge >= 0.3 is 0 Å². The Morgan fingerprint density at radius 2 is 2.47 bits per heavy atom. The van der Waals surface area contributed by atoms with Gasteiger partial charge in [0.1, 0.15) is 5.82 Å². The van der Waals surface area contributed by atoms with Gasteiger partial charge in [-0.2, -0.15) is 11.8 Å². The van der Waals surface area contributed by atoms with E-state index in [1.807, 2.05) is 23.9 Å². The van der Waals surface area contributed by atoms with Crippen molar-refractivity contribution in [2.24, 2.45) is 0 Å². The van der Waals surface area contributed by atoms with Crippen molar-refractivity contribution in [2.45, 2.75) is 13.0 Å². The first-order valence-electron chi connectivity index (χ1n) is 5.07. The highest BCUT2D eigenvalue weighted by Gasteiger charge is 2.19. The van der Waals surface area contributed by atoms with Gasteiger partial charge in [0.25, 0.3) is 0 Å². The molecule has 80 valence electrons. The Morgan fingerprint density at radius 1 is 1.60 bits per heavy atom. The van der Waals surface area contributed by atoms with Gasteiger partial charge < -0.3 is 4.90 Å². The summed E-state index contributed by atoms with van der Waals surface area (Å²) in [4.78, 5) is 17.1. The van der Waals surface area contributed by atoms with Gasteiger partial charge in [-0.1, -0.05) is 0 Å². The van der Waals surface area contributed by atoms with E-state index in [9.17, 15) is 4.79 Å². The maximum Gasteiger partial charge on any atom is 0.151 e. The zero-order valence-electron chi connectivity index (χ0n) is 8.72. The Bertz CT molecular complexity index is 339. The van der Waals surface area contributed by atoms with Crippen molar-refractivity contribution in [1.82, 2.24) is 4.98 Å². The van der Waals surface area contributed by atoms with Gasteiger partial charge in [-0.05, 0) is 19.1 Å². The second kappa shape index (κ2) is 4.66. The highest BCUT2D eigenvalue weighted by atomic mass is 32.2. The first kappa shape index (κ1) is 10.5. The summed E-state index contributed by atoms with van der Waals surface area (Å²) in [6, 6.07) is 4.28. The van der Waals surface area contributed by atoms with Gasteiger partial charge in [0.2, 0.25) is 0 Å². The molecule has 1 aromatic rings. The molecule has 1 aliphatic rings. The standard InChI is InChI=1S/C11H14N2OS/c1-9-8-15-5-4-13(9)11-3-2-10(7-14)6-12-11/h2-3,6-7,9H,4-5,8H2,1H3. The summed E-state index contributed by atoms with van der Waals surface area (Å²) >= 11 is 1.98. The molecule has 1 aromatic heterocycles. The minimum Gasteiger partial charge on any atom is -0.352 e. The van der Waals surface area contributed by atoms with E-state index in [1.54, 1.807) is 6.20 Å². The number of hydrogen-bond donors (Lipinski definition) is 0. The number of carbonyl (C=O) groups is 1. The number of pyridine rings is 1. The van der Waals surface area contributed by atoms with Crippen LogP contribution in [-0.4, -0.2) is 35.4 Å². The molecule has 0 aromatic carbocycles. The van der Waals surface area contributed by atoms with Crippen LogP contribution in [0.25, 0.3) is 0 Å². The zero-order chi connectivity index (χ0) is 10.7. The van der Waals surface area contributed by atoms with Crippen LogP contribution in [0.1, 0.15) is 17.3 Å². The number of anilines is 1. The minimum absolute atomic E-state index is 0.526. The molecule has 0 spiro atoms. The Morgan fingerprint density at radius 3 is 3.07 bits per heavy atom. The number of aromatic nitrogens is 1. The predicted molar refractivity (Wildman–Crippen MR) is 63.8 cm³/mol. The molecule has 1 unspecified atom stereocenters.